The fourth-order valence-electron chi connectivity index (χ4n) is 2.46. The molecule has 134 valence electrons. The number of hydrogen-bond acceptors (Lipinski definition) is 8. The summed E-state index contributed by atoms with van der Waals surface area (Å²) in [4.78, 5) is 36.4. The zero-order chi connectivity index (χ0) is 18.6. The molecular formula is C15H15BrN2O7. The van der Waals surface area contributed by atoms with Crippen molar-refractivity contribution in [2.24, 2.45) is 0 Å². The monoisotopic (exact) mass is 414 g/mol. The molecule has 0 unspecified atom stereocenters. The molecule has 0 aliphatic carbocycles. The highest BCUT2D eigenvalue weighted by Gasteiger charge is 2.34. The second-order valence-electron chi connectivity index (χ2n) is 4.88. The molecule has 0 spiro atoms. The molecule has 1 aliphatic heterocycles. The first-order valence-corrected chi connectivity index (χ1v) is 8.15. The van der Waals surface area contributed by atoms with E-state index in [9.17, 15) is 19.7 Å². The minimum atomic E-state index is -0.768. The SMILES string of the molecule is COC(=O)C1=C(C(=O)OC)N(c2cccc([N+](=O)[O-])c2CBr)COC1. The van der Waals surface area contributed by atoms with Gasteiger partial charge in [0.25, 0.3) is 5.69 Å². The summed E-state index contributed by atoms with van der Waals surface area (Å²) in [5, 5.41) is 11.4. The first kappa shape index (κ1) is 18.9. The molecule has 25 heavy (non-hydrogen) atoms. The molecule has 1 aromatic carbocycles. The van der Waals surface area contributed by atoms with Crippen molar-refractivity contribution in [3.05, 3.63) is 45.1 Å². The van der Waals surface area contributed by atoms with E-state index < -0.39 is 16.9 Å². The summed E-state index contributed by atoms with van der Waals surface area (Å²) in [5.74, 6) is -1.51. The summed E-state index contributed by atoms with van der Waals surface area (Å²) in [6.07, 6.45) is 0. The first-order valence-electron chi connectivity index (χ1n) is 7.03. The number of carbonyl (C=O) groups is 2. The Labute approximate surface area is 151 Å². The third-order valence-electron chi connectivity index (χ3n) is 3.58. The van der Waals surface area contributed by atoms with Crippen LogP contribution in [0.4, 0.5) is 11.4 Å². The lowest BCUT2D eigenvalue weighted by molar-refractivity contribution is -0.385. The van der Waals surface area contributed by atoms with E-state index >= 15 is 0 Å². The number of esters is 2. The van der Waals surface area contributed by atoms with Crippen molar-refractivity contribution in [3.63, 3.8) is 0 Å². The molecule has 1 aromatic rings. The smallest absolute Gasteiger partial charge is 0.355 e. The Balaban J connectivity index is 2.68. The number of alkyl halides is 1. The van der Waals surface area contributed by atoms with Crippen molar-refractivity contribution < 1.29 is 28.7 Å². The summed E-state index contributed by atoms with van der Waals surface area (Å²) in [6, 6.07) is 4.44. The van der Waals surface area contributed by atoms with Crippen LogP contribution in [0.5, 0.6) is 0 Å². The van der Waals surface area contributed by atoms with E-state index in [2.05, 4.69) is 20.7 Å². The molecule has 0 saturated heterocycles. The Morgan fingerprint density at radius 3 is 2.56 bits per heavy atom. The van der Waals surface area contributed by atoms with Crippen LogP contribution in [0.15, 0.2) is 29.5 Å². The van der Waals surface area contributed by atoms with Crippen LogP contribution in [-0.2, 0) is 29.1 Å². The molecule has 1 heterocycles. The highest BCUT2D eigenvalue weighted by Crippen LogP contribution is 2.35. The summed E-state index contributed by atoms with van der Waals surface area (Å²) in [5.41, 5.74) is 0.482. The number of nitro benzene ring substituents is 1. The van der Waals surface area contributed by atoms with Gasteiger partial charge in [0.1, 0.15) is 12.4 Å². The Kier molecular flexibility index (Phi) is 6.10. The quantitative estimate of drug-likeness (QED) is 0.311. The van der Waals surface area contributed by atoms with E-state index in [1.807, 2.05) is 0 Å². The number of anilines is 1. The summed E-state index contributed by atoms with van der Waals surface area (Å²) < 4.78 is 14.8. The molecule has 0 atom stereocenters. The molecule has 0 bridgehead atoms. The van der Waals surface area contributed by atoms with Crippen LogP contribution in [0.2, 0.25) is 0 Å². The van der Waals surface area contributed by atoms with Gasteiger partial charge < -0.3 is 19.1 Å². The topological polar surface area (TPSA) is 108 Å². The summed E-state index contributed by atoms with van der Waals surface area (Å²) >= 11 is 3.23. The molecule has 0 fully saturated rings. The molecule has 0 amide bonds. The molecule has 9 nitrogen and oxygen atoms in total. The maximum Gasteiger partial charge on any atom is 0.355 e. The van der Waals surface area contributed by atoms with Gasteiger partial charge in [-0.05, 0) is 6.07 Å². The largest absolute Gasteiger partial charge is 0.466 e. The zero-order valence-corrected chi connectivity index (χ0v) is 15.1. The molecule has 0 saturated carbocycles. The fraction of sp³-hybridized carbons (Fsp3) is 0.333. The Bertz CT molecular complexity index is 747. The van der Waals surface area contributed by atoms with Gasteiger partial charge in [0.15, 0.2) is 0 Å². The highest BCUT2D eigenvalue weighted by atomic mass is 79.9. The number of hydrogen-bond donors (Lipinski definition) is 0. The third kappa shape index (κ3) is 3.64. The van der Waals surface area contributed by atoms with Crippen LogP contribution in [0.3, 0.4) is 0 Å². The van der Waals surface area contributed by atoms with Crippen LogP contribution in [0, 0.1) is 10.1 Å². The molecule has 0 N–H and O–H groups in total. The number of methoxy groups -OCH3 is 2. The first-order chi connectivity index (χ1) is 12.0. The number of carbonyl (C=O) groups excluding carboxylic acids is 2. The van der Waals surface area contributed by atoms with Gasteiger partial charge in [0.05, 0.1) is 42.6 Å². The van der Waals surface area contributed by atoms with Gasteiger partial charge in [0, 0.05) is 11.4 Å². The van der Waals surface area contributed by atoms with Gasteiger partial charge in [-0.25, -0.2) is 9.59 Å². The molecular weight excluding hydrogens is 400 g/mol. The maximum absolute atomic E-state index is 12.3. The molecule has 10 heteroatoms. The molecule has 2 rings (SSSR count). The van der Waals surface area contributed by atoms with Gasteiger partial charge in [-0.2, -0.15) is 0 Å². The predicted molar refractivity (Wildman–Crippen MR) is 90.1 cm³/mol. The Morgan fingerprint density at radius 2 is 2.00 bits per heavy atom. The Hall–Kier alpha value is -2.46. The summed E-state index contributed by atoms with van der Waals surface area (Å²) in [7, 11) is 2.36. The van der Waals surface area contributed by atoms with Crippen LogP contribution < -0.4 is 4.90 Å². The number of rotatable bonds is 5. The van der Waals surface area contributed by atoms with E-state index in [0.29, 0.717) is 11.3 Å². The van der Waals surface area contributed by atoms with E-state index in [4.69, 9.17) is 9.47 Å². The van der Waals surface area contributed by atoms with Crippen LogP contribution >= 0.6 is 15.9 Å². The number of benzene rings is 1. The second-order valence-corrected chi connectivity index (χ2v) is 5.44. The number of ether oxygens (including phenoxy) is 3. The average molecular weight is 415 g/mol. The zero-order valence-electron chi connectivity index (χ0n) is 13.5. The standard InChI is InChI=1S/C15H15BrN2O7/c1-23-14(19)10-7-25-8-17(13(10)15(20)24-2)11-4-3-5-12(18(21)22)9(11)6-16/h3-5H,6-8H2,1-2H3. The Morgan fingerprint density at radius 1 is 1.32 bits per heavy atom. The number of nitro groups is 1. The minimum absolute atomic E-state index is 0.0207. The van der Waals surface area contributed by atoms with Crippen molar-refractivity contribution in [3.8, 4) is 0 Å². The van der Waals surface area contributed by atoms with E-state index in [-0.39, 0.29) is 35.6 Å². The maximum atomic E-state index is 12.3. The van der Waals surface area contributed by atoms with Crippen molar-refractivity contribution in [2.45, 2.75) is 5.33 Å². The minimum Gasteiger partial charge on any atom is -0.466 e. The van der Waals surface area contributed by atoms with E-state index in [0.717, 1.165) is 0 Å². The highest BCUT2D eigenvalue weighted by molar-refractivity contribution is 9.08. The second kappa shape index (κ2) is 8.08. The fourth-order valence-corrected chi connectivity index (χ4v) is 3.03. The van der Waals surface area contributed by atoms with Crippen LogP contribution in [0.1, 0.15) is 5.56 Å². The molecule has 1 aliphatic rings. The molecule has 0 aromatic heterocycles. The predicted octanol–water partition coefficient (Wildman–Crippen LogP) is 1.88. The normalized spacial score (nSPS) is 14.3. The van der Waals surface area contributed by atoms with Gasteiger partial charge in [-0.3, -0.25) is 10.1 Å². The van der Waals surface area contributed by atoms with Gasteiger partial charge in [-0.1, -0.05) is 22.0 Å². The van der Waals surface area contributed by atoms with Crippen molar-refractivity contribution >= 4 is 39.2 Å². The van der Waals surface area contributed by atoms with Crippen molar-refractivity contribution in [1.29, 1.82) is 0 Å². The van der Waals surface area contributed by atoms with Crippen molar-refractivity contribution in [1.82, 2.24) is 0 Å². The van der Waals surface area contributed by atoms with Gasteiger partial charge in [-0.15, -0.1) is 0 Å². The molecule has 0 radical (unpaired) electrons. The third-order valence-corrected chi connectivity index (χ3v) is 4.14. The van der Waals surface area contributed by atoms with Gasteiger partial charge in [0.2, 0.25) is 0 Å². The van der Waals surface area contributed by atoms with Gasteiger partial charge >= 0.3 is 11.9 Å². The summed E-state index contributed by atoms with van der Waals surface area (Å²) in [6.45, 7) is -0.210. The van der Waals surface area contributed by atoms with Crippen LogP contribution in [0.25, 0.3) is 0 Å². The number of halogens is 1. The lowest BCUT2D eigenvalue weighted by atomic mass is 10.1. The van der Waals surface area contributed by atoms with E-state index in [1.54, 1.807) is 6.07 Å². The average Bonchev–Trinajstić information content (AvgIpc) is 2.65. The number of nitrogens with zero attached hydrogens (tertiary/aromatic N) is 2. The van der Waals surface area contributed by atoms with Crippen molar-refractivity contribution in [2.75, 3.05) is 32.5 Å². The lowest BCUT2D eigenvalue weighted by Crippen LogP contribution is -2.39. The lowest BCUT2D eigenvalue weighted by Gasteiger charge is -2.32. The van der Waals surface area contributed by atoms with E-state index in [1.165, 1.54) is 31.3 Å². The van der Waals surface area contributed by atoms with Crippen LogP contribution in [-0.4, -0.2) is 44.4 Å².